The maximum Gasteiger partial charge on any atom is 0.262 e. The van der Waals surface area contributed by atoms with Crippen molar-refractivity contribution in [1.29, 1.82) is 0 Å². The molecule has 5 nitrogen and oxygen atoms in total. The Labute approximate surface area is 126 Å². The Kier molecular flexibility index (Phi) is 3.74. The van der Waals surface area contributed by atoms with Gasteiger partial charge in [0.15, 0.2) is 6.61 Å². The van der Waals surface area contributed by atoms with Crippen molar-refractivity contribution in [2.24, 2.45) is 0 Å². The number of hydrogen-bond donors (Lipinski definition) is 2. The molecular formula is C16H13FN2O3. The van der Waals surface area contributed by atoms with Crippen LogP contribution in [-0.4, -0.2) is 18.4 Å². The summed E-state index contributed by atoms with van der Waals surface area (Å²) in [5.74, 6) is -0.222. The number of carbonyl (C=O) groups excluding carboxylic acids is 2. The van der Waals surface area contributed by atoms with Crippen molar-refractivity contribution in [1.82, 2.24) is 0 Å². The number of halogens is 1. The Morgan fingerprint density at radius 2 is 2.00 bits per heavy atom. The quantitative estimate of drug-likeness (QED) is 0.914. The number of anilines is 2. The van der Waals surface area contributed by atoms with Crippen molar-refractivity contribution in [2.75, 3.05) is 17.2 Å². The normalized spacial score (nSPS) is 12.9. The lowest BCUT2D eigenvalue weighted by Crippen LogP contribution is -2.25. The number of benzene rings is 2. The Morgan fingerprint density at radius 3 is 2.77 bits per heavy atom. The molecule has 0 aliphatic carbocycles. The van der Waals surface area contributed by atoms with Crippen LogP contribution in [0.25, 0.3) is 0 Å². The fraction of sp³-hybridized carbons (Fsp3) is 0.125. The number of hydrogen-bond acceptors (Lipinski definition) is 3. The van der Waals surface area contributed by atoms with Gasteiger partial charge in [-0.05, 0) is 42.0 Å². The van der Waals surface area contributed by atoms with E-state index in [1.807, 2.05) is 0 Å². The van der Waals surface area contributed by atoms with Crippen molar-refractivity contribution in [3.63, 3.8) is 0 Å². The molecule has 0 saturated heterocycles. The van der Waals surface area contributed by atoms with Gasteiger partial charge in [0.25, 0.3) is 5.91 Å². The fourth-order valence-electron chi connectivity index (χ4n) is 2.16. The van der Waals surface area contributed by atoms with Crippen LogP contribution < -0.4 is 15.4 Å². The van der Waals surface area contributed by atoms with E-state index in [-0.39, 0.29) is 30.7 Å². The van der Waals surface area contributed by atoms with Crippen LogP contribution in [-0.2, 0) is 16.0 Å². The lowest BCUT2D eigenvalue weighted by molar-refractivity contribution is -0.118. The maximum absolute atomic E-state index is 12.8. The zero-order chi connectivity index (χ0) is 15.5. The molecule has 6 heteroatoms. The molecule has 1 aliphatic rings. The number of amides is 2. The third-order valence-electron chi connectivity index (χ3n) is 3.17. The summed E-state index contributed by atoms with van der Waals surface area (Å²) >= 11 is 0. The highest BCUT2D eigenvalue weighted by Crippen LogP contribution is 2.28. The molecule has 2 aromatic carbocycles. The van der Waals surface area contributed by atoms with Gasteiger partial charge in [-0.15, -0.1) is 0 Å². The Morgan fingerprint density at radius 1 is 1.23 bits per heavy atom. The van der Waals surface area contributed by atoms with Gasteiger partial charge in [-0.1, -0.05) is 6.07 Å². The lowest BCUT2D eigenvalue weighted by Gasteiger charge is -2.18. The van der Waals surface area contributed by atoms with Crippen molar-refractivity contribution in [2.45, 2.75) is 6.42 Å². The van der Waals surface area contributed by atoms with Crippen molar-refractivity contribution < 1.29 is 18.7 Å². The minimum atomic E-state index is -0.358. The SMILES string of the molecule is O=C(Cc1ccc2c(c1)NC(=O)CO2)Nc1ccc(F)cc1. The van der Waals surface area contributed by atoms with Gasteiger partial charge in [-0.3, -0.25) is 9.59 Å². The first-order chi connectivity index (χ1) is 10.6. The predicted molar refractivity (Wildman–Crippen MR) is 79.3 cm³/mol. The summed E-state index contributed by atoms with van der Waals surface area (Å²) in [6.07, 6.45) is 0.139. The van der Waals surface area contributed by atoms with Gasteiger partial charge in [0.1, 0.15) is 11.6 Å². The second kappa shape index (κ2) is 5.85. The monoisotopic (exact) mass is 300 g/mol. The molecule has 0 radical (unpaired) electrons. The molecule has 2 aromatic rings. The maximum atomic E-state index is 12.8. The van der Waals surface area contributed by atoms with Crippen molar-refractivity contribution in [3.05, 3.63) is 53.8 Å². The number of fused-ring (bicyclic) bond motifs is 1. The highest BCUT2D eigenvalue weighted by Gasteiger charge is 2.16. The minimum Gasteiger partial charge on any atom is -0.482 e. The molecular weight excluding hydrogens is 287 g/mol. The van der Waals surface area contributed by atoms with E-state index in [1.54, 1.807) is 18.2 Å². The van der Waals surface area contributed by atoms with E-state index in [4.69, 9.17) is 4.74 Å². The summed E-state index contributed by atoms with van der Waals surface area (Å²) < 4.78 is 18.1. The molecule has 22 heavy (non-hydrogen) atoms. The topological polar surface area (TPSA) is 67.4 Å². The van der Waals surface area contributed by atoms with Gasteiger partial charge in [0.2, 0.25) is 5.91 Å². The Bertz CT molecular complexity index is 729. The van der Waals surface area contributed by atoms with E-state index in [0.29, 0.717) is 17.1 Å². The number of rotatable bonds is 3. The van der Waals surface area contributed by atoms with E-state index in [2.05, 4.69) is 10.6 Å². The van der Waals surface area contributed by atoms with Crippen LogP contribution in [0, 0.1) is 5.82 Å². The van der Waals surface area contributed by atoms with Crippen LogP contribution in [0.5, 0.6) is 5.75 Å². The zero-order valence-corrected chi connectivity index (χ0v) is 11.6. The van der Waals surface area contributed by atoms with Crippen LogP contribution in [0.1, 0.15) is 5.56 Å². The van der Waals surface area contributed by atoms with Crippen LogP contribution in [0.3, 0.4) is 0 Å². The van der Waals surface area contributed by atoms with E-state index < -0.39 is 0 Å². The fourth-order valence-corrected chi connectivity index (χ4v) is 2.16. The molecule has 112 valence electrons. The van der Waals surface area contributed by atoms with E-state index in [0.717, 1.165) is 5.56 Å². The Balaban J connectivity index is 1.67. The highest BCUT2D eigenvalue weighted by molar-refractivity contribution is 5.96. The van der Waals surface area contributed by atoms with E-state index >= 15 is 0 Å². The number of ether oxygens (including phenoxy) is 1. The third kappa shape index (κ3) is 3.22. The van der Waals surface area contributed by atoms with Gasteiger partial charge in [-0.25, -0.2) is 4.39 Å². The van der Waals surface area contributed by atoms with Crippen molar-refractivity contribution >= 4 is 23.2 Å². The van der Waals surface area contributed by atoms with Gasteiger partial charge in [0.05, 0.1) is 12.1 Å². The smallest absolute Gasteiger partial charge is 0.262 e. The molecule has 3 rings (SSSR count). The molecule has 0 saturated carbocycles. The molecule has 0 aromatic heterocycles. The summed E-state index contributed by atoms with van der Waals surface area (Å²) in [4.78, 5) is 23.3. The van der Waals surface area contributed by atoms with Crippen LogP contribution in [0.15, 0.2) is 42.5 Å². The Hall–Kier alpha value is -2.89. The average Bonchev–Trinajstić information content (AvgIpc) is 2.49. The van der Waals surface area contributed by atoms with Gasteiger partial charge < -0.3 is 15.4 Å². The molecule has 2 N–H and O–H groups in total. The number of carbonyl (C=O) groups is 2. The highest BCUT2D eigenvalue weighted by atomic mass is 19.1. The van der Waals surface area contributed by atoms with Crippen LogP contribution in [0.2, 0.25) is 0 Å². The molecule has 0 bridgehead atoms. The first-order valence-corrected chi connectivity index (χ1v) is 6.71. The second-order valence-corrected chi connectivity index (χ2v) is 4.90. The first-order valence-electron chi connectivity index (χ1n) is 6.71. The standard InChI is InChI=1S/C16H13FN2O3/c17-11-2-4-12(5-3-11)18-15(20)8-10-1-6-14-13(7-10)19-16(21)9-22-14/h1-7H,8-9H2,(H,18,20)(H,19,21). The molecule has 0 spiro atoms. The van der Waals surface area contributed by atoms with Crippen LogP contribution >= 0.6 is 0 Å². The minimum absolute atomic E-state index is 0.00258. The van der Waals surface area contributed by atoms with Gasteiger partial charge in [0, 0.05) is 5.69 Å². The molecule has 0 unspecified atom stereocenters. The zero-order valence-electron chi connectivity index (χ0n) is 11.6. The lowest BCUT2D eigenvalue weighted by atomic mass is 10.1. The second-order valence-electron chi connectivity index (χ2n) is 4.90. The van der Waals surface area contributed by atoms with Crippen molar-refractivity contribution in [3.8, 4) is 5.75 Å². The molecule has 0 fully saturated rings. The summed E-state index contributed by atoms with van der Waals surface area (Å²) in [5, 5.41) is 5.37. The van der Waals surface area contributed by atoms with Gasteiger partial charge in [-0.2, -0.15) is 0 Å². The summed E-state index contributed by atoms with van der Waals surface area (Å²) in [6.45, 7) is -0.00258. The molecule has 0 atom stereocenters. The predicted octanol–water partition coefficient (Wildman–Crippen LogP) is 2.34. The van der Waals surface area contributed by atoms with Gasteiger partial charge >= 0.3 is 0 Å². The largest absolute Gasteiger partial charge is 0.482 e. The summed E-state index contributed by atoms with van der Waals surface area (Å²) in [7, 11) is 0. The molecule has 1 aliphatic heterocycles. The third-order valence-corrected chi connectivity index (χ3v) is 3.17. The summed E-state index contributed by atoms with van der Waals surface area (Å²) in [6, 6.07) is 10.7. The van der Waals surface area contributed by atoms with Crippen LogP contribution in [0.4, 0.5) is 15.8 Å². The average molecular weight is 300 g/mol. The summed E-state index contributed by atoms with van der Waals surface area (Å²) in [5.41, 5.74) is 1.83. The molecule has 1 heterocycles. The van der Waals surface area contributed by atoms with E-state index in [9.17, 15) is 14.0 Å². The number of nitrogens with one attached hydrogen (secondary N) is 2. The van der Waals surface area contributed by atoms with E-state index in [1.165, 1.54) is 24.3 Å². The molecule has 2 amide bonds. The first kappa shape index (κ1) is 14.1.